The fraction of sp³-hybridized carbons (Fsp3) is 0.409. The first kappa shape index (κ1) is 21.5. The molecule has 4 N–H and O–H groups in total. The third-order valence-corrected chi connectivity index (χ3v) is 5.34. The number of pyridine rings is 1. The molecule has 1 fully saturated rings. The monoisotopic (exact) mass is 434 g/mol. The number of nitrogens with one attached hydrogen (secondary N) is 2. The minimum Gasteiger partial charge on any atom is -0.489 e. The van der Waals surface area contributed by atoms with Gasteiger partial charge in [0.25, 0.3) is 0 Å². The first-order valence-corrected chi connectivity index (χ1v) is 10.5. The standard InChI is InChI=1S/C22H26N8O2/c1-12(2)16-7-18(32-15-5-4-13(24)6-15)21(22(27-16)31-3)17-8-19(30-29-17)28-20-11-25-14(9-23)10-26-20/h7-8,10-13,15H,4-6,24H2,1-3H3,(H2,26,28,29,30)/t13-,15+/m0/s1. The van der Waals surface area contributed by atoms with Crippen LogP contribution in [0.5, 0.6) is 11.6 Å². The maximum atomic E-state index is 8.87. The molecule has 0 unspecified atom stereocenters. The molecule has 1 aliphatic carbocycles. The van der Waals surface area contributed by atoms with Crippen molar-refractivity contribution in [2.75, 3.05) is 12.4 Å². The van der Waals surface area contributed by atoms with Crippen LogP contribution in [0, 0.1) is 11.3 Å². The topological polar surface area (TPSA) is 148 Å². The number of H-pyrrole nitrogens is 1. The van der Waals surface area contributed by atoms with E-state index in [0.29, 0.717) is 34.5 Å². The molecule has 0 radical (unpaired) electrons. The highest BCUT2D eigenvalue weighted by Crippen LogP contribution is 2.40. The minimum absolute atomic E-state index is 0.0466. The summed E-state index contributed by atoms with van der Waals surface area (Å²) in [6.45, 7) is 4.15. The average molecular weight is 435 g/mol. The van der Waals surface area contributed by atoms with E-state index in [1.54, 1.807) is 7.11 Å². The molecule has 1 saturated carbocycles. The lowest BCUT2D eigenvalue weighted by Crippen LogP contribution is -2.19. The number of nitriles is 1. The molecule has 10 heteroatoms. The quantitative estimate of drug-likeness (QED) is 0.509. The van der Waals surface area contributed by atoms with Crippen molar-refractivity contribution in [1.29, 1.82) is 5.26 Å². The van der Waals surface area contributed by atoms with Crippen LogP contribution in [-0.4, -0.2) is 44.4 Å². The van der Waals surface area contributed by atoms with Gasteiger partial charge in [0.2, 0.25) is 5.88 Å². The molecule has 0 aromatic carbocycles. The normalized spacial score (nSPS) is 17.9. The summed E-state index contributed by atoms with van der Waals surface area (Å²) in [7, 11) is 1.59. The second-order valence-electron chi connectivity index (χ2n) is 8.09. The lowest BCUT2D eigenvalue weighted by Gasteiger charge is -2.20. The molecule has 4 rings (SSSR count). The lowest BCUT2D eigenvalue weighted by atomic mass is 10.1. The number of nitrogens with zero attached hydrogens (tertiary/aromatic N) is 5. The SMILES string of the molecule is COc1nc(C(C)C)cc(O[C@@H]2CC[C@H](N)C2)c1-c1cc(Nc2cnc(C#N)cn2)n[nH]1. The maximum absolute atomic E-state index is 8.87. The summed E-state index contributed by atoms with van der Waals surface area (Å²) in [6, 6.07) is 5.89. The molecule has 0 saturated heterocycles. The van der Waals surface area contributed by atoms with Gasteiger partial charge >= 0.3 is 0 Å². The number of ether oxygens (including phenoxy) is 2. The minimum atomic E-state index is 0.0466. The smallest absolute Gasteiger partial charge is 0.226 e. The Balaban J connectivity index is 1.67. The Bertz CT molecular complexity index is 1120. The maximum Gasteiger partial charge on any atom is 0.226 e. The summed E-state index contributed by atoms with van der Waals surface area (Å²) in [5.74, 6) is 2.36. The van der Waals surface area contributed by atoms with Gasteiger partial charge in [0.15, 0.2) is 11.5 Å². The number of aromatic amines is 1. The third-order valence-electron chi connectivity index (χ3n) is 5.34. The molecule has 2 atom stereocenters. The van der Waals surface area contributed by atoms with E-state index in [9.17, 15) is 0 Å². The van der Waals surface area contributed by atoms with Gasteiger partial charge in [-0.1, -0.05) is 13.8 Å². The molecule has 0 spiro atoms. The van der Waals surface area contributed by atoms with Crippen LogP contribution in [0.1, 0.15) is 50.4 Å². The Morgan fingerprint density at radius 2 is 2.06 bits per heavy atom. The number of hydrogen-bond donors (Lipinski definition) is 3. The average Bonchev–Trinajstić information content (AvgIpc) is 3.42. The predicted octanol–water partition coefficient (Wildman–Crippen LogP) is 3.27. The fourth-order valence-corrected chi connectivity index (χ4v) is 3.66. The highest BCUT2D eigenvalue weighted by Gasteiger charge is 2.27. The van der Waals surface area contributed by atoms with E-state index >= 15 is 0 Å². The van der Waals surface area contributed by atoms with Gasteiger partial charge in [0.1, 0.15) is 29.3 Å². The second kappa shape index (κ2) is 9.20. The van der Waals surface area contributed by atoms with Crippen LogP contribution in [0.2, 0.25) is 0 Å². The summed E-state index contributed by atoms with van der Waals surface area (Å²) in [5, 5.41) is 19.3. The van der Waals surface area contributed by atoms with E-state index in [1.165, 1.54) is 12.4 Å². The van der Waals surface area contributed by atoms with E-state index < -0.39 is 0 Å². The van der Waals surface area contributed by atoms with Crippen molar-refractivity contribution in [2.24, 2.45) is 5.73 Å². The molecule has 3 aromatic heterocycles. The van der Waals surface area contributed by atoms with Gasteiger partial charge < -0.3 is 20.5 Å². The molecule has 3 heterocycles. The van der Waals surface area contributed by atoms with Crippen LogP contribution in [0.15, 0.2) is 24.5 Å². The summed E-state index contributed by atoms with van der Waals surface area (Å²) >= 11 is 0. The number of rotatable bonds is 7. The van der Waals surface area contributed by atoms with Crippen molar-refractivity contribution >= 4 is 11.6 Å². The van der Waals surface area contributed by atoms with Crippen LogP contribution >= 0.6 is 0 Å². The first-order valence-electron chi connectivity index (χ1n) is 10.5. The summed E-state index contributed by atoms with van der Waals surface area (Å²) in [6.07, 6.45) is 5.59. The zero-order valence-electron chi connectivity index (χ0n) is 18.3. The molecular weight excluding hydrogens is 408 g/mol. The van der Waals surface area contributed by atoms with Crippen molar-refractivity contribution in [3.05, 3.63) is 35.9 Å². The van der Waals surface area contributed by atoms with E-state index in [2.05, 4.69) is 44.3 Å². The summed E-state index contributed by atoms with van der Waals surface area (Å²) in [4.78, 5) is 12.8. The lowest BCUT2D eigenvalue weighted by molar-refractivity contribution is 0.207. The van der Waals surface area contributed by atoms with Gasteiger partial charge in [-0.3, -0.25) is 5.10 Å². The Kier molecular flexibility index (Phi) is 6.18. The van der Waals surface area contributed by atoms with Gasteiger partial charge in [-0.15, -0.1) is 0 Å². The van der Waals surface area contributed by atoms with E-state index in [4.69, 9.17) is 20.5 Å². The van der Waals surface area contributed by atoms with E-state index in [1.807, 2.05) is 18.2 Å². The van der Waals surface area contributed by atoms with Gasteiger partial charge in [0, 0.05) is 18.2 Å². The van der Waals surface area contributed by atoms with Crippen LogP contribution in [0.3, 0.4) is 0 Å². The van der Waals surface area contributed by atoms with Gasteiger partial charge in [-0.25, -0.2) is 15.0 Å². The second-order valence-corrected chi connectivity index (χ2v) is 8.09. The van der Waals surface area contributed by atoms with Crippen molar-refractivity contribution in [3.63, 3.8) is 0 Å². The molecule has 10 nitrogen and oxygen atoms in total. The molecule has 0 bridgehead atoms. The van der Waals surface area contributed by atoms with Crippen molar-refractivity contribution in [2.45, 2.75) is 51.2 Å². The van der Waals surface area contributed by atoms with Gasteiger partial charge in [-0.2, -0.15) is 10.4 Å². The first-order chi connectivity index (χ1) is 15.5. The highest BCUT2D eigenvalue weighted by atomic mass is 16.5. The van der Waals surface area contributed by atoms with Crippen LogP contribution in [0.4, 0.5) is 11.6 Å². The Morgan fingerprint density at radius 1 is 1.22 bits per heavy atom. The fourth-order valence-electron chi connectivity index (χ4n) is 3.66. The molecule has 166 valence electrons. The zero-order chi connectivity index (χ0) is 22.7. The number of nitrogens with two attached hydrogens (primary N) is 1. The van der Waals surface area contributed by atoms with Crippen LogP contribution in [-0.2, 0) is 0 Å². The van der Waals surface area contributed by atoms with Crippen molar-refractivity contribution in [3.8, 4) is 29.0 Å². The van der Waals surface area contributed by atoms with Crippen LogP contribution in [0.25, 0.3) is 11.3 Å². The number of anilines is 2. The Labute approximate surface area is 186 Å². The molecule has 0 aliphatic heterocycles. The Morgan fingerprint density at radius 3 is 2.69 bits per heavy atom. The largest absolute Gasteiger partial charge is 0.489 e. The molecular formula is C22H26N8O2. The molecule has 32 heavy (non-hydrogen) atoms. The highest BCUT2D eigenvalue weighted by molar-refractivity contribution is 5.75. The molecule has 3 aromatic rings. The summed E-state index contributed by atoms with van der Waals surface area (Å²) in [5.41, 5.74) is 8.60. The number of methoxy groups -OCH3 is 1. The number of aromatic nitrogens is 5. The van der Waals surface area contributed by atoms with Crippen molar-refractivity contribution in [1.82, 2.24) is 25.1 Å². The van der Waals surface area contributed by atoms with Gasteiger partial charge in [0.05, 0.1) is 30.9 Å². The summed E-state index contributed by atoms with van der Waals surface area (Å²) < 4.78 is 12.0. The number of hydrogen-bond acceptors (Lipinski definition) is 9. The van der Waals surface area contributed by atoms with Gasteiger partial charge in [-0.05, 0) is 25.2 Å². The van der Waals surface area contributed by atoms with Crippen LogP contribution < -0.4 is 20.5 Å². The zero-order valence-corrected chi connectivity index (χ0v) is 18.3. The predicted molar refractivity (Wildman–Crippen MR) is 119 cm³/mol. The van der Waals surface area contributed by atoms with Crippen molar-refractivity contribution < 1.29 is 9.47 Å². The Hall–Kier alpha value is -3.71. The molecule has 1 aliphatic rings. The van der Waals surface area contributed by atoms with E-state index in [0.717, 1.165) is 25.0 Å². The van der Waals surface area contributed by atoms with E-state index in [-0.39, 0.29) is 23.8 Å². The molecule has 0 amide bonds. The third kappa shape index (κ3) is 4.63.